The minimum Gasteiger partial charge on any atom is -0.364 e. The summed E-state index contributed by atoms with van der Waals surface area (Å²) in [5.74, 6) is -0.971. The van der Waals surface area contributed by atoms with Gasteiger partial charge in [-0.15, -0.1) is 0 Å². The molecule has 3 rings (SSSR count). The Hall–Kier alpha value is -2.44. The van der Waals surface area contributed by atoms with Crippen molar-refractivity contribution in [2.75, 3.05) is 5.32 Å². The topological polar surface area (TPSA) is 66.9 Å². The van der Waals surface area contributed by atoms with E-state index in [0.717, 1.165) is 10.6 Å². The first kappa shape index (κ1) is 14.5. The van der Waals surface area contributed by atoms with Crippen molar-refractivity contribution in [1.82, 2.24) is 9.55 Å². The number of nitrogens with one attached hydrogen (secondary N) is 2. The van der Waals surface area contributed by atoms with Crippen molar-refractivity contribution >= 4 is 5.82 Å². The van der Waals surface area contributed by atoms with Crippen molar-refractivity contribution in [2.45, 2.75) is 32.4 Å². The van der Waals surface area contributed by atoms with Gasteiger partial charge < -0.3 is 5.32 Å². The van der Waals surface area contributed by atoms with Crippen LogP contribution in [-0.4, -0.2) is 9.55 Å². The maximum atomic E-state index is 13.9. The first-order chi connectivity index (χ1) is 10.5. The second kappa shape index (κ2) is 5.40. The molecular weight excluding hydrogens is 292 g/mol. The molecule has 0 radical (unpaired) electrons. The molecule has 0 unspecified atom stereocenters. The standard InChI is InChI=1S/C15H15F2N3O2/c1-2-20-14(21)10-5-6-12(18-13(10)19-15(20)22)9-4-3-8(16)7-11(9)17/h3-4,7,12,18H,2,5-6H2,1H3,(H,19,22)/t12-/m1/s1. The molecule has 5 nitrogen and oxygen atoms in total. The summed E-state index contributed by atoms with van der Waals surface area (Å²) in [6, 6.07) is 2.97. The van der Waals surface area contributed by atoms with Crippen LogP contribution in [0.15, 0.2) is 27.8 Å². The van der Waals surface area contributed by atoms with Crippen molar-refractivity contribution in [2.24, 2.45) is 0 Å². The van der Waals surface area contributed by atoms with Crippen molar-refractivity contribution < 1.29 is 8.78 Å². The Bertz CT molecular complexity index is 842. The summed E-state index contributed by atoms with van der Waals surface area (Å²) in [5, 5.41) is 2.98. The van der Waals surface area contributed by atoms with Crippen LogP contribution in [0.5, 0.6) is 0 Å². The fourth-order valence-corrected chi connectivity index (χ4v) is 2.81. The third kappa shape index (κ3) is 2.32. The maximum absolute atomic E-state index is 13.9. The van der Waals surface area contributed by atoms with E-state index >= 15 is 0 Å². The second-order valence-electron chi connectivity index (χ2n) is 5.23. The zero-order valence-corrected chi connectivity index (χ0v) is 12.0. The lowest BCUT2D eigenvalue weighted by Gasteiger charge is -2.27. The average Bonchev–Trinajstić information content (AvgIpc) is 2.47. The molecule has 7 heteroatoms. The molecule has 1 aromatic carbocycles. The number of aromatic amines is 1. The Kier molecular flexibility index (Phi) is 3.56. The molecule has 0 fully saturated rings. The first-order valence-electron chi connectivity index (χ1n) is 7.08. The van der Waals surface area contributed by atoms with Crippen molar-refractivity contribution in [3.63, 3.8) is 0 Å². The number of hydrogen-bond donors (Lipinski definition) is 2. The number of halogens is 2. The van der Waals surface area contributed by atoms with E-state index in [1.165, 1.54) is 12.1 Å². The quantitative estimate of drug-likeness (QED) is 0.891. The van der Waals surface area contributed by atoms with Gasteiger partial charge in [0.2, 0.25) is 0 Å². The zero-order valence-electron chi connectivity index (χ0n) is 12.0. The highest BCUT2D eigenvalue weighted by atomic mass is 19.1. The zero-order chi connectivity index (χ0) is 15.9. The molecule has 0 amide bonds. The van der Waals surface area contributed by atoms with Crippen LogP contribution in [0.2, 0.25) is 0 Å². The summed E-state index contributed by atoms with van der Waals surface area (Å²) in [6.07, 6.45) is 0.903. The van der Waals surface area contributed by atoms with Crippen molar-refractivity contribution in [1.29, 1.82) is 0 Å². The maximum Gasteiger partial charge on any atom is 0.329 e. The van der Waals surface area contributed by atoms with Crippen LogP contribution in [0.25, 0.3) is 0 Å². The summed E-state index contributed by atoms with van der Waals surface area (Å²) in [4.78, 5) is 26.7. The van der Waals surface area contributed by atoms with Gasteiger partial charge in [-0.05, 0) is 25.8 Å². The molecule has 2 N–H and O–H groups in total. The lowest BCUT2D eigenvalue weighted by molar-refractivity contribution is 0.544. The first-order valence-corrected chi connectivity index (χ1v) is 7.08. The summed E-state index contributed by atoms with van der Waals surface area (Å²) in [6.45, 7) is 2.01. The summed E-state index contributed by atoms with van der Waals surface area (Å²) < 4.78 is 28.0. The smallest absolute Gasteiger partial charge is 0.329 e. The Morgan fingerprint density at radius 2 is 2.09 bits per heavy atom. The van der Waals surface area contributed by atoms with E-state index in [4.69, 9.17) is 0 Å². The fraction of sp³-hybridized carbons (Fsp3) is 0.333. The van der Waals surface area contributed by atoms with E-state index in [9.17, 15) is 18.4 Å². The highest BCUT2D eigenvalue weighted by Crippen LogP contribution is 2.30. The molecule has 0 saturated carbocycles. The molecule has 0 bridgehead atoms. The van der Waals surface area contributed by atoms with Crippen LogP contribution in [0.3, 0.4) is 0 Å². The number of aromatic nitrogens is 2. The normalized spacial score (nSPS) is 17.0. The van der Waals surface area contributed by atoms with Gasteiger partial charge in [0.25, 0.3) is 5.56 Å². The van der Waals surface area contributed by atoms with Gasteiger partial charge in [0.05, 0.1) is 11.6 Å². The molecule has 1 aromatic heterocycles. The van der Waals surface area contributed by atoms with E-state index in [2.05, 4.69) is 10.3 Å². The van der Waals surface area contributed by atoms with Crippen molar-refractivity contribution in [3.05, 3.63) is 61.8 Å². The number of nitrogens with zero attached hydrogens (tertiary/aromatic N) is 1. The lowest BCUT2D eigenvalue weighted by atomic mass is 9.95. The van der Waals surface area contributed by atoms with Gasteiger partial charge in [-0.3, -0.25) is 14.3 Å². The number of anilines is 1. The van der Waals surface area contributed by atoms with Crippen molar-refractivity contribution in [3.8, 4) is 0 Å². The Morgan fingerprint density at radius 3 is 2.77 bits per heavy atom. The SMILES string of the molecule is CCn1c(=O)[nH]c2c(c1=O)CC[C@H](c1ccc(F)cc1F)N2. The van der Waals surface area contributed by atoms with Gasteiger partial charge in [-0.1, -0.05) is 6.07 Å². The van der Waals surface area contributed by atoms with Gasteiger partial charge in [0, 0.05) is 18.2 Å². The Labute approximate surface area is 124 Å². The van der Waals surface area contributed by atoms with E-state index in [1.807, 2.05) is 0 Å². The number of rotatable bonds is 2. The molecule has 116 valence electrons. The third-order valence-corrected chi connectivity index (χ3v) is 3.94. The minimum atomic E-state index is -0.648. The van der Waals surface area contributed by atoms with E-state index in [0.29, 0.717) is 29.8 Å². The molecule has 1 atom stereocenters. The molecule has 2 heterocycles. The molecule has 0 aliphatic carbocycles. The van der Waals surface area contributed by atoms with Gasteiger partial charge in [0.15, 0.2) is 0 Å². The minimum absolute atomic E-state index is 0.289. The largest absolute Gasteiger partial charge is 0.364 e. The molecule has 0 spiro atoms. The number of H-pyrrole nitrogens is 1. The van der Waals surface area contributed by atoms with Gasteiger partial charge in [0.1, 0.15) is 17.5 Å². The molecule has 1 aliphatic rings. The average molecular weight is 307 g/mol. The second-order valence-corrected chi connectivity index (χ2v) is 5.23. The van der Waals surface area contributed by atoms with E-state index in [1.54, 1.807) is 6.92 Å². The third-order valence-electron chi connectivity index (χ3n) is 3.94. The van der Waals surface area contributed by atoms with Crippen LogP contribution < -0.4 is 16.6 Å². The predicted molar refractivity (Wildman–Crippen MR) is 78.0 cm³/mol. The molecule has 2 aromatic rings. The van der Waals surface area contributed by atoms with Gasteiger partial charge in [-0.25, -0.2) is 13.6 Å². The van der Waals surface area contributed by atoms with Gasteiger partial charge in [-0.2, -0.15) is 0 Å². The summed E-state index contributed by atoms with van der Waals surface area (Å²) in [7, 11) is 0. The van der Waals surface area contributed by atoms with Crippen LogP contribution in [0, 0.1) is 11.6 Å². The highest BCUT2D eigenvalue weighted by molar-refractivity contribution is 5.48. The van der Waals surface area contributed by atoms with Crippen LogP contribution in [0.4, 0.5) is 14.6 Å². The summed E-state index contributed by atoms with van der Waals surface area (Å²) >= 11 is 0. The van der Waals surface area contributed by atoms with Crippen LogP contribution >= 0.6 is 0 Å². The Balaban J connectivity index is 2.01. The number of fused-ring (bicyclic) bond motifs is 1. The monoisotopic (exact) mass is 307 g/mol. The Morgan fingerprint density at radius 1 is 1.32 bits per heavy atom. The van der Waals surface area contributed by atoms with Gasteiger partial charge >= 0.3 is 5.69 Å². The predicted octanol–water partition coefficient (Wildman–Crippen LogP) is 1.93. The van der Waals surface area contributed by atoms with Crippen LogP contribution in [-0.2, 0) is 13.0 Å². The van der Waals surface area contributed by atoms with E-state index < -0.39 is 23.4 Å². The molecular formula is C15H15F2N3O2. The number of hydrogen-bond acceptors (Lipinski definition) is 3. The fourth-order valence-electron chi connectivity index (χ4n) is 2.81. The summed E-state index contributed by atoms with van der Waals surface area (Å²) in [5.41, 5.74) is -0.0291. The van der Waals surface area contributed by atoms with E-state index in [-0.39, 0.29) is 12.1 Å². The molecule has 1 aliphatic heterocycles. The molecule has 0 saturated heterocycles. The number of benzene rings is 1. The van der Waals surface area contributed by atoms with Crippen LogP contribution in [0.1, 0.15) is 30.5 Å². The lowest BCUT2D eigenvalue weighted by Crippen LogP contribution is -2.39. The highest BCUT2D eigenvalue weighted by Gasteiger charge is 2.25. The molecule has 22 heavy (non-hydrogen) atoms.